The first kappa shape index (κ1) is 11.5. The minimum atomic E-state index is -0.0573. The van der Waals surface area contributed by atoms with E-state index in [9.17, 15) is 4.79 Å². The molecule has 1 unspecified atom stereocenters. The molecule has 0 aromatic heterocycles. The van der Waals surface area contributed by atoms with Crippen LogP contribution in [-0.4, -0.2) is 37.1 Å². The van der Waals surface area contributed by atoms with Crippen molar-refractivity contribution in [2.45, 2.75) is 33.1 Å². The zero-order chi connectivity index (χ0) is 10.4. The molecule has 1 rings (SSSR count). The fraction of sp³-hybridized carbons (Fsp3) is 0.909. The molecule has 0 amide bonds. The number of rotatable bonds is 4. The third kappa shape index (κ3) is 3.66. The average molecular weight is 199 g/mol. The number of likely N-dealkylation sites (tertiary alicyclic amines) is 1. The second kappa shape index (κ2) is 6.02. The molecule has 0 saturated carbocycles. The summed E-state index contributed by atoms with van der Waals surface area (Å²) in [6.07, 6.45) is 3.88. The molecule has 0 aromatic rings. The molecule has 1 saturated heterocycles. The van der Waals surface area contributed by atoms with Gasteiger partial charge in [-0.1, -0.05) is 13.3 Å². The van der Waals surface area contributed by atoms with E-state index in [1.807, 2.05) is 13.8 Å². The van der Waals surface area contributed by atoms with E-state index >= 15 is 0 Å². The fourth-order valence-electron chi connectivity index (χ4n) is 1.89. The molecule has 1 atom stereocenters. The van der Waals surface area contributed by atoms with Gasteiger partial charge in [0.1, 0.15) is 0 Å². The third-order valence-electron chi connectivity index (χ3n) is 2.67. The Labute approximate surface area is 86.4 Å². The van der Waals surface area contributed by atoms with Crippen LogP contribution >= 0.6 is 0 Å². The Morgan fingerprint density at radius 2 is 2.00 bits per heavy atom. The molecule has 1 heterocycles. The highest BCUT2D eigenvalue weighted by atomic mass is 16.5. The van der Waals surface area contributed by atoms with Crippen molar-refractivity contribution in [1.82, 2.24) is 4.90 Å². The fourth-order valence-corrected chi connectivity index (χ4v) is 1.89. The van der Waals surface area contributed by atoms with Crippen LogP contribution in [0.15, 0.2) is 0 Å². The van der Waals surface area contributed by atoms with Crippen LogP contribution in [0, 0.1) is 5.92 Å². The van der Waals surface area contributed by atoms with Crippen molar-refractivity contribution in [3.8, 4) is 0 Å². The molecular weight excluding hydrogens is 178 g/mol. The number of hydrogen-bond donors (Lipinski definition) is 0. The van der Waals surface area contributed by atoms with Crippen LogP contribution < -0.4 is 0 Å². The summed E-state index contributed by atoms with van der Waals surface area (Å²) < 4.78 is 4.98. The van der Waals surface area contributed by atoms with E-state index in [0.29, 0.717) is 6.61 Å². The lowest BCUT2D eigenvalue weighted by Crippen LogP contribution is -2.36. The Balaban J connectivity index is 2.24. The van der Waals surface area contributed by atoms with Gasteiger partial charge in [-0.2, -0.15) is 0 Å². The van der Waals surface area contributed by atoms with Gasteiger partial charge in [0, 0.05) is 6.54 Å². The predicted molar refractivity (Wildman–Crippen MR) is 56.1 cm³/mol. The Kier molecular flexibility index (Phi) is 4.94. The highest BCUT2D eigenvalue weighted by Gasteiger charge is 2.19. The SMILES string of the molecule is CCOC(=O)C(C)CN1CCCCC1. The molecule has 3 nitrogen and oxygen atoms in total. The van der Waals surface area contributed by atoms with Gasteiger partial charge < -0.3 is 9.64 Å². The van der Waals surface area contributed by atoms with E-state index in [0.717, 1.165) is 19.6 Å². The van der Waals surface area contributed by atoms with Crippen LogP contribution in [0.2, 0.25) is 0 Å². The second-order valence-corrected chi connectivity index (χ2v) is 4.01. The summed E-state index contributed by atoms with van der Waals surface area (Å²) in [6.45, 7) is 7.44. The first-order chi connectivity index (χ1) is 6.74. The molecule has 0 bridgehead atoms. The summed E-state index contributed by atoms with van der Waals surface area (Å²) in [5, 5.41) is 0. The lowest BCUT2D eigenvalue weighted by atomic mass is 10.1. The summed E-state index contributed by atoms with van der Waals surface area (Å²) in [4.78, 5) is 13.7. The van der Waals surface area contributed by atoms with E-state index in [2.05, 4.69) is 4.90 Å². The number of carbonyl (C=O) groups is 1. The zero-order valence-corrected chi connectivity index (χ0v) is 9.29. The van der Waals surface area contributed by atoms with Crippen molar-refractivity contribution >= 4 is 5.97 Å². The van der Waals surface area contributed by atoms with Crippen molar-refractivity contribution in [1.29, 1.82) is 0 Å². The quantitative estimate of drug-likeness (QED) is 0.645. The van der Waals surface area contributed by atoms with E-state index in [-0.39, 0.29) is 11.9 Å². The molecule has 14 heavy (non-hydrogen) atoms. The minimum absolute atomic E-state index is 0.0213. The van der Waals surface area contributed by atoms with Crippen molar-refractivity contribution in [3.05, 3.63) is 0 Å². The summed E-state index contributed by atoms with van der Waals surface area (Å²) >= 11 is 0. The minimum Gasteiger partial charge on any atom is -0.466 e. The van der Waals surface area contributed by atoms with Crippen LogP contribution in [0.3, 0.4) is 0 Å². The van der Waals surface area contributed by atoms with E-state index in [1.165, 1.54) is 19.3 Å². The van der Waals surface area contributed by atoms with Crippen molar-refractivity contribution in [2.75, 3.05) is 26.2 Å². The number of piperidine rings is 1. The van der Waals surface area contributed by atoms with Crippen LogP contribution in [0.1, 0.15) is 33.1 Å². The molecule has 1 aliphatic heterocycles. The normalized spacial score (nSPS) is 20.4. The summed E-state index contributed by atoms with van der Waals surface area (Å²) in [6, 6.07) is 0. The van der Waals surface area contributed by atoms with Crippen LogP contribution in [0.5, 0.6) is 0 Å². The van der Waals surface area contributed by atoms with E-state index in [1.54, 1.807) is 0 Å². The largest absolute Gasteiger partial charge is 0.466 e. The highest BCUT2D eigenvalue weighted by molar-refractivity contribution is 5.72. The molecule has 0 N–H and O–H groups in total. The maximum atomic E-state index is 11.4. The first-order valence-electron chi connectivity index (χ1n) is 5.63. The molecule has 3 heteroatoms. The Morgan fingerprint density at radius 3 is 2.57 bits per heavy atom. The monoisotopic (exact) mass is 199 g/mol. The molecular formula is C11H21NO2. The highest BCUT2D eigenvalue weighted by Crippen LogP contribution is 2.11. The van der Waals surface area contributed by atoms with Gasteiger partial charge in [0.15, 0.2) is 0 Å². The Morgan fingerprint density at radius 1 is 1.36 bits per heavy atom. The predicted octanol–water partition coefficient (Wildman–Crippen LogP) is 1.67. The van der Waals surface area contributed by atoms with Crippen molar-refractivity contribution in [2.24, 2.45) is 5.92 Å². The number of carbonyl (C=O) groups excluding carboxylic acids is 1. The molecule has 0 radical (unpaired) electrons. The van der Waals surface area contributed by atoms with Crippen LogP contribution in [-0.2, 0) is 9.53 Å². The number of nitrogens with zero attached hydrogens (tertiary/aromatic N) is 1. The maximum Gasteiger partial charge on any atom is 0.309 e. The van der Waals surface area contributed by atoms with Gasteiger partial charge in [0.05, 0.1) is 12.5 Å². The Hall–Kier alpha value is -0.570. The second-order valence-electron chi connectivity index (χ2n) is 4.01. The number of esters is 1. The van der Waals surface area contributed by atoms with Crippen molar-refractivity contribution < 1.29 is 9.53 Å². The van der Waals surface area contributed by atoms with E-state index < -0.39 is 0 Å². The summed E-state index contributed by atoms with van der Waals surface area (Å²) in [7, 11) is 0. The molecule has 1 fully saturated rings. The van der Waals surface area contributed by atoms with Gasteiger partial charge in [0.25, 0.3) is 0 Å². The molecule has 82 valence electrons. The summed E-state index contributed by atoms with van der Waals surface area (Å²) in [5.41, 5.74) is 0. The van der Waals surface area contributed by atoms with Gasteiger partial charge in [-0.15, -0.1) is 0 Å². The smallest absolute Gasteiger partial charge is 0.309 e. The maximum absolute atomic E-state index is 11.4. The lowest BCUT2D eigenvalue weighted by molar-refractivity contribution is -0.148. The number of hydrogen-bond acceptors (Lipinski definition) is 3. The average Bonchev–Trinajstić information content (AvgIpc) is 2.19. The van der Waals surface area contributed by atoms with Gasteiger partial charge in [-0.3, -0.25) is 4.79 Å². The van der Waals surface area contributed by atoms with Crippen LogP contribution in [0.4, 0.5) is 0 Å². The standard InChI is InChI=1S/C11H21NO2/c1-3-14-11(13)10(2)9-12-7-5-4-6-8-12/h10H,3-9H2,1-2H3. The number of ether oxygens (including phenoxy) is 1. The van der Waals surface area contributed by atoms with E-state index in [4.69, 9.17) is 4.74 Å². The third-order valence-corrected chi connectivity index (χ3v) is 2.67. The van der Waals surface area contributed by atoms with Gasteiger partial charge in [0.2, 0.25) is 0 Å². The first-order valence-corrected chi connectivity index (χ1v) is 5.63. The van der Waals surface area contributed by atoms with Gasteiger partial charge in [-0.25, -0.2) is 0 Å². The lowest BCUT2D eigenvalue weighted by Gasteiger charge is -2.28. The van der Waals surface area contributed by atoms with Crippen LogP contribution in [0.25, 0.3) is 0 Å². The molecule has 0 aromatic carbocycles. The molecule has 1 aliphatic rings. The Bertz CT molecular complexity index is 176. The van der Waals surface area contributed by atoms with Crippen molar-refractivity contribution in [3.63, 3.8) is 0 Å². The topological polar surface area (TPSA) is 29.5 Å². The zero-order valence-electron chi connectivity index (χ0n) is 9.29. The molecule has 0 spiro atoms. The van der Waals surface area contributed by atoms with Gasteiger partial charge in [-0.05, 0) is 32.9 Å². The molecule has 0 aliphatic carbocycles. The summed E-state index contributed by atoms with van der Waals surface area (Å²) in [5.74, 6) is -0.0360. The van der Waals surface area contributed by atoms with Gasteiger partial charge >= 0.3 is 5.97 Å².